The van der Waals surface area contributed by atoms with E-state index < -0.39 is 0 Å². The standard InChI is InChI=1S/C24H21N5O2/c1-16-19(14-25)23-27-21-4-2-3-5-22(21)29(23)24(30)20(16)15-26-17-6-8-18(9-7-17)28-10-12-31-13-11-28/h2-9,15,26H,10-13H2,1H3/b20-15-. The Kier molecular flexibility index (Phi) is 4.77. The number of nitrogens with one attached hydrogen (secondary N) is 1. The summed E-state index contributed by atoms with van der Waals surface area (Å²) in [6.07, 6.45) is 1.68. The van der Waals surface area contributed by atoms with Gasteiger partial charge in [-0.1, -0.05) is 12.1 Å². The summed E-state index contributed by atoms with van der Waals surface area (Å²) < 4.78 is 6.93. The van der Waals surface area contributed by atoms with Gasteiger partial charge in [0.15, 0.2) is 5.65 Å². The second kappa shape index (κ2) is 7.74. The van der Waals surface area contributed by atoms with E-state index in [-0.39, 0.29) is 5.56 Å². The quantitative estimate of drug-likeness (QED) is 0.558. The average Bonchev–Trinajstić information content (AvgIpc) is 3.20. The van der Waals surface area contributed by atoms with Crippen LogP contribution >= 0.6 is 0 Å². The predicted molar refractivity (Wildman–Crippen MR) is 121 cm³/mol. The molecule has 3 heterocycles. The summed E-state index contributed by atoms with van der Waals surface area (Å²) in [7, 11) is 0. The number of pyridine rings is 1. The molecule has 0 atom stereocenters. The molecule has 1 N–H and O–H groups in total. The molecule has 31 heavy (non-hydrogen) atoms. The van der Waals surface area contributed by atoms with Crippen LogP contribution in [0.25, 0.3) is 22.9 Å². The Morgan fingerprint density at radius 2 is 1.87 bits per heavy atom. The van der Waals surface area contributed by atoms with Gasteiger partial charge in [-0.05, 0) is 48.9 Å². The predicted octanol–water partition coefficient (Wildman–Crippen LogP) is 2.43. The Labute approximate surface area is 178 Å². The smallest absolute Gasteiger partial charge is 0.265 e. The maximum atomic E-state index is 13.3. The third kappa shape index (κ3) is 3.27. The van der Waals surface area contributed by atoms with Crippen LogP contribution in [0.2, 0.25) is 0 Å². The van der Waals surface area contributed by atoms with Crippen molar-refractivity contribution in [2.45, 2.75) is 6.92 Å². The van der Waals surface area contributed by atoms with Crippen LogP contribution in [0.5, 0.6) is 0 Å². The van der Waals surface area contributed by atoms with Gasteiger partial charge in [-0.15, -0.1) is 0 Å². The number of fused-ring (bicyclic) bond motifs is 3. The highest BCUT2D eigenvalue weighted by Gasteiger charge is 2.16. The molecule has 0 bridgehead atoms. The normalized spacial score (nSPS) is 14.8. The van der Waals surface area contributed by atoms with E-state index in [4.69, 9.17) is 4.74 Å². The van der Waals surface area contributed by atoms with Crippen LogP contribution in [0, 0.1) is 18.3 Å². The molecule has 0 amide bonds. The fourth-order valence-corrected chi connectivity index (χ4v) is 4.03. The van der Waals surface area contributed by atoms with E-state index in [1.165, 1.54) is 4.40 Å². The first-order chi connectivity index (χ1) is 15.2. The van der Waals surface area contributed by atoms with Crippen LogP contribution in [0.1, 0.15) is 11.1 Å². The SMILES string of the molecule is Cc1c(C#N)c2nc3ccccc3n2c(=O)/c1=C\Nc1ccc(N2CCOCC2)cc1. The molecule has 1 saturated heterocycles. The molecule has 7 heteroatoms. The number of ether oxygens (including phenoxy) is 1. The monoisotopic (exact) mass is 411 g/mol. The first-order valence-electron chi connectivity index (χ1n) is 10.2. The van der Waals surface area contributed by atoms with Gasteiger partial charge < -0.3 is 15.0 Å². The molecule has 1 fully saturated rings. The van der Waals surface area contributed by atoms with Crippen molar-refractivity contribution in [1.82, 2.24) is 9.38 Å². The molecule has 2 aromatic heterocycles. The molecule has 1 aliphatic rings. The third-order valence-corrected chi connectivity index (χ3v) is 5.74. The van der Waals surface area contributed by atoms with Crippen molar-refractivity contribution >= 4 is 34.3 Å². The van der Waals surface area contributed by atoms with Crippen LogP contribution in [-0.4, -0.2) is 35.7 Å². The lowest BCUT2D eigenvalue weighted by atomic mass is 10.1. The second-order valence-corrected chi connectivity index (χ2v) is 7.53. The minimum Gasteiger partial charge on any atom is -0.378 e. The Hall–Kier alpha value is -3.89. The first kappa shape index (κ1) is 19.1. The molecular weight excluding hydrogens is 390 g/mol. The molecule has 1 aliphatic heterocycles. The van der Waals surface area contributed by atoms with E-state index >= 15 is 0 Å². The number of aromatic nitrogens is 2. The highest BCUT2D eigenvalue weighted by Crippen LogP contribution is 2.20. The van der Waals surface area contributed by atoms with Crippen molar-refractivity contribution in [1.29, 1.82) is 5.26 Å². The Bertz CT molecular complexity index is 1430. The average molecular weight is 411 g/mol. The highest BCUT2D eigenvalue weighted by atomic mass is 16.5. The molecule has 7 nitrogen and oxygen atoms in total. The Balaban J connectivity index is 1.56. The maximum Gasteiger partial charge on any atom is 0.265 e. The minimum absolute atomic E-state index is 0.197. The number of hydrogen-bond donors (Lipinski definition) is 1. The summed E-state index contributed by atoms with van der Waals surface area (Å²) >= 11 is 0. The van der Waals surface area contributed by atoms with Gasteiger partial charge in [0.2, 0.25) is 0 Å². The lowest BCUT2D eigenvalue weighted by Gasteiger charge is -2.28. The Morgan fingerprint density at radius 3 is 2.61 bits per heavy atom. The van der Waals surface area contributed by atoms with E-state index in [9.17, 15) is 10.1 Å². The number of imidazole rings is 1. The first-order valence-corrected chi connectivity index (χ1v) is 10.2. The highest BCUT2D eigenvalue weighted by molar-refractivity contribution is 5.82. The van der Waals surface area contributed by atoms with Crippen LogP contribution < -0.4 is 21.0 Å². The van der Waals surface area contributed by atoms with E-state index in [1.807, 2.05) is 36.4 Å². The maximum absolute atomic E-state index is 13.3. The number of anilines is 2. The van der Waals surface area contributed by atoms with Gasteiger partial charge in [-0.2, -0.15) is 5.26 Å². The molecule has 0 saturated carbocycles. The van der Waals surface area contributed by atoms with E-state index in [0.717, 1.165) is 37.7 Å². The molecular formula is C24H21N5O2. The number of hydrogen-bond acceptors (Lipinski definition) is 6. The lowest BCUT2D eigenvalue weighted by Crippen LogP contribution is -2.36. The van der Waals surface area contributed by atoms with Crippen LogP contribution in [0.4, 0.5) is 11.4 Å². The van der Waals surface area contributed by atoms with E-state index in [1.54, 1.807) is 13.1 Å². The van der Waals surface area contributed by atoms with Crippen LogP contribution in [-0.2, 0) is 4.74 Å². The zero-order valence-corrected chi connectivity index (χ0v) is 17.1. The summed E-state index contributed by atoms with van der Waals surface area (Å²) in [5, 5.41) is 13.4. The topological polar surface area (TPSA) is 82.7 Å². The zero-order chi connectivity index (χ0) is 21.4. The largest absolute Gasteiger partial charge is 0.378 e. The third-order valence-electron chi connectivity index (χ3n) is 5.74. The van der Waals surface area contributed by atoms with Crippen molar-refractivity contribution in [3.05, 3.63) is 75.2 Å². The molecule has 0 unspecified atom stereocenters. The van der Waals surface area contributed by atoms with Gasteiger partial charge in [0.1, 0.15) is 6.07 Å². The summed E-state index contributed by atoms with van der Waals surface area (Å²) in [5.74, 6) is 0. The van der Waals surface area contributed by atoms with Gasteiger partial charge in [-0.3, -0.25) is 9.20 Å². The number of benzene rings is 2. The summed E-state index contributed by atoms with van der Waals surface area (Å²) in [4.78, 5) is 20.1. The van der Waals surface area contributed by atoms with Gasteiger partial charge in [-0.25, -0.2) is 4.98 Å². The minimum atomic E-state index is -0.197. The number of nitriles is 1. The summed E-state index contributed by atoms with van der Waals surface area (Å²) in [5.41, 5.74) is 4.63. The molecule has 2 aromatic carbocycles. The number of rotatable bonds is 3. The molecule has 0 aliphatic carbocycles. The van der Waals surface area contributed by atoms with Crippen molar-refractivity contribution < 1.29 is 4.74 Å². The van der Waals surface area contributed by atoms with Crippen molar-refractivity contribution in [2.24, 2.45) is 0 Å². The van der Waals surface area contributed by atoms with Crippen LogP contribution in [0.15, 0.2) is 53.3 Å². The number of morpholine rings is 1. The van der Waals surface area contributed by atoms with E-state index in [2.05, 4.69) is 33.4 Å². The Morgan fingerprint density at radius 1 is 1.13 bits per heavy atom. The van der Waals surface area contributed by atoms with E-state index in [0.29, 0.717) is 33.0 Å². The number of nitrogens with zero attached hydrogens (tertiary/aromatic N) is 4. The fourth-order valence-electron chi connectivity index (χ4n) is 4.03. The second-order valence-electron chi connectivity index (χ2n) is 7.53. The fraction of sp³-hybridized carbons (Fsp3) is 0.208. The summed E-state index contributed by atoms with van der Waals surface area (Å²) in [6.45, 7) is 5.03. The zero-order valence-electron chi connectivity index (χ0n) is 17.1. The van der Waals surface area contributed by atoms with Gasteiger partial charge in [0.25, 0.3) is 5.56 Å². The molecule has 0 radical (unpaired) electrons. The van der Waals surface area contributed by atoms with Gasteiger partial charge >= 0.3 is 0 Å². The van der Waals surface area contributed by atoms with Gasteiger partial charge in [0, 0.05) is 30.7 Å². The molecule has 5 rings (SSSR count). The molecule has 154 valence electrons. The van der Waals surface area contributed by atoms with Crippen molar-refractivity contribution in [2.75, 3.05) is 36.5 Å². The van der Waals surface area contributed by atoms with Crippen LogP contribution in [0.3, 0.4) is 0 Å². The molecule has 4 aromatic rings. The van der Waals surface area contributed by atoms with Crippen molar-refractivity contribution in [3.63, 3.8) is 0 Å². The number of para-hydroxylation sites is 2. The van der Waals surface area contributed by atoms with Gasteiger partial charge in [0.05, 0.1) is 35.0 Å². The van der Waals surface area contributed by atoms with Crippen molar-refractivity contribution in [3.8, 4) is 6.07 Å². The summed E-state index contributed by atoms with van der Waals surface area (Å²) in [6, 6.07) is 17.7. The molecule has 0 spiro atoms. The lowest BCUT2D eigenvalue weighted by molar-refractivity contribution is 0.122.